The quantitative estimate of drug-likeness (QED) is 0.641. The minimum atomic E-state index is -4.64. The molecule has 0 aliphatic carbocycles. The van der Waals surface area contributed by atoms with Gasteiger partial charge in [-0.1, -0.05) is 0 Å². The van der Waals surface area contributed by atoms with Gasteiger partial charge in [0.25, 0.3) is 10.0 Å². The summed E-state index contributed by atoms with van der Waals surface area (Å²) >= 11 is 1.13. The number of anilines is 1. The summed E-state index contributed by atoms with van der Waals surface area (Å²) in [6.45, 7) is -1.60. The molecule has 7 nitrogen and oxygen atoms in total. The van der Waals surface area contributed by atoms with Gasteiger partial charge in [0, 0.05) is 18.6 Å². The maximum Gasteiger partial charge on any atom is 0.402 e. The Kier molecular flexibility index (Phi) is 3.66. The first kappa shape index (κ1) is 15.0. The van der Waals surface area contributed by atoms with Crippen molar-refractivity contribution in [1.82, 2.24) is 13.7 Å². The molecule has 3 N–H and O–H groups in total. The third-order valence-corrected chi connectivity index (χ3v) is 5.00. The first-order valence-corrected chi connectivity index (χ1v) is 7.44. The normalized spacial score (nSPS) is 13.3. The number of hydrogen-bond acceptors (Lipinski definition) is 6. The summed E-state index contributed by atoms with van der Waals surface area (Å²) in [4.78, 5) is 4.20. The number of rotatable bonds is 4. The lowest BCUT2D eigenvalue weighted by Crippen LogP contribution is -2.36. The van der Waals surface area contributed by atoms with Crippen LogP contribution in [0.4, 0.5) is 19.0 Å². The van der Waals surface area contributed by atoms with Crippen molar-refractivity contribution in [3.8, 4) is 0 Å². The van der Waals surface area contributed by atoms with Gasteiger partial charge in [0.05, 0.1) is 0 Å². The Hall–Kier alpha value is -1.37. The molecule has 2 aromatic rings. The predicted octanol–water partition coefficient (Wildman–Crippen LogP) is 0.864. The smallest absolute Gasteiger partial charge is 0.306 e. The summed E-state index contributed by atoms with van der Waals surface area (Å²) in [6, 6.07) is 0. The van der Waals surface area contributed by atoms with Crippen LogP contribution in [0, 0.1) is 0 Å². The van der Waals surface area contributed by atoms with Crippen LogP contribution < -0.4 is 11.3 Å². The molecule has 2 heterocycles. The van der Waals surface area contributed by atoms with Gasteiger partial charge >= 0.3 is 6.18 Å². The summed E-state index contributed by atoms with van der Waals surface area (Å²) in [7, 11) is -3.55. The monoisotopic (exact) mass is 329 g/mol. The Morgan fingerprint density at radius 2 is 2.20 bits per heavy atom. The lowest BCUT2D eigenvalue weighted by Gasteiger charge is -2.18. The fourth-order valence-corrected chi connectivity index (χ4v) is 3.72. The van der Waals surface area contributed by atoms with E-state index >= 15 is 0 Å². The molecule has 20 heavy (non-hydrogen) atoms. The molecular formula is C8H10F3N5O2S2. The van der Waals surface area contributed by atoms with Crippen molar-refractivity contribution in [3.63, 3.8) is 0 Å². The number of alkyl halides is 3. The Labute approximate surface area is 115 Å². The van der Waals surface area contributed by atoms with Crippen molar-refractivity contribution in [3.05, 3.63) is 11.6 Å². The maximum atomic E-state index is 12.3. The molecule has 0 saturated heterocycles. The minimum absolute atomic E-state index is 0.203. The molecule has 0 radical (unpaired) electrons. The number of nitrogens with one attached hydrogen (secondary N) is 1. The maximum absolute atomic E-state index is 12.3. The van der Waals surface area contributed by atoms with Crippen LogP contribution in [0.2, 0.25) is 0 Å². The van der Waals surface area contributed by atoms with Gasteiger partial charge in [0.1, 0.15) is 6.54 Å². The lowest BCUT2D eigenvalue weighted by atomic mass is 10.6. The zero-order valence-electron chi connectivity index (χ0n) is 10.0. The van der Waals surface area contributed by atoms with E-state index in [1.807, 2.05) is 0 Å². The summed E-state index contributed by atoms with van der Waals surface area (Å²) in [5, 5.41) is 1.13. The topological polar surface area (TPSA) is 92.7 Å². The Balaban J connectivity index is 2.53. The van der Waals surface area contributed by atoms with E-state index in [0.717, 1.165) is 18.4 Å². The summed E-state index contributed by atoms with van der Waals surface area (Å²) in [6.07, 6.45) is -3.25. The zero-order chi connectivity index (χ0) is 15.1. The van der Waals surface area contributed by atoms with Crippen molar-refractivity contribution >= 4 is 32.1 Å². The van der Waals surface area contributed by atoms with E-state index in [9.17, 15) is 21.6 Å². The van der Waals surface area contributed by atoms with Crippen molar-refractivity contribution in [2.24, 2.45) is 5.84 Å². The fourth-order valence-electron chi connectivity index (χ4n) is 1.59. The number of halogens is 3. The minimum Gasteiger partial charge on any atom is -0.306 e. The molecule has 0 aromatic carbocycles. The first-order chi connectivity index (χ1) is 9.16. The average molecular weight is 329 g/mol. The second-order valence-corrected chi connectivity index (χ2v) is 6.67. The first-order valence-electron chi connectivity index (χ1n) is 5.12. The van der Waals surface area contributed by atoms with E-state index in [1.54, 1.807) is 5.38 Å². The van der Waals surface area contributed by atoms with E-state index in [2.05, 4.69) is 10.4 Å². The van der Waals surface area contributed by atoms with Gasteiger partial charge in [-0.15, -0.1) is 11.3 Å². The van der Waals surface area contributed by atoms with Crippen molar-refractivity contribution in [2.75, 3.05) is 19.0 Å². The molecule has 0 saturated carbocycles. The molecule has 0 fully saturated rings. The molecule has 0 bridgehead atoms. The third-order valence-electron chi connectivity index (χ3n) is 2.41. The highest BCUT2D eigenvalue weighted by Gasteiger charge is 2.37. The van der Waals surface area contributed by atoms with Crippen molar-refractivity contribution in [1.29, 1.82) is 0 Å². The van der Waals surface area contributed by atoms with Crippen molar-refractivity contribution < 1.29 is 21.6 Å². The van der Waals surface area contributed by atoms with E-state index in [0.29, 0.717) is 4.96 Å². The number of thiazole rings is 1. The number of hydrogen-bond donors (Lipinski definition) is 2. The van der Waals surface area contributed by atoms with Gasteiger partial charge in [-0.25, -0.2) is 14.3 Å². The molecule has 0 aliphatic heterocycles. The standard InChI is InChI=1S/C8H10F3N5O2S2/c1-15(4-8(9,10)11)20(17,18)6-5(14-12)13-7-16(6)2-3-19-7/h2-3,14H,4,12H2,1H3. The van der Waals surface area contributed by atoms with Crippen LogP contribution >= 0.6 is 11.3 Å². The number of nitrogens with zero attached hydrogens (tertiary/aromatic N) is 3. The van der Waals surface area contributed by atoms with Gasteiger partial charge < -0.3 is 5.43 Å². The second kappa shape index (κ2) is 4.87. The predicted molar refractivity (Wildman–Crippen MR) is 66.7 cm³/mol. The van der Waals surface area contributed by atoms with Crippen LogP contribution in [0.15, 0.2) is 16.6 Å². The zero-order valence-corrected chi connectivity index (χ0v) is 11.7. The largest absolute Gasteiger partial charge is 0.402 e. The molecule has 0 unspecified atom stereocenters. The lowest BCUT2D eigenvalue weighted by molar-refractivity contribution is -0.134. The number of aromatic nitrogens is 2. The Morgan fingerprint density at radius 3 is 2.75 bits per heavy atom. The summed E-state index contributed by atoms with van der Waals surface area (Å²) < 4.78 is 62.9. The van der Waals surface area contributed by atoms with Gasteiger partial charge in [-0.05, 0) is 0 Å². The molecule has 0 amide bonds. The molecular weight excluding hydrogens is 319 g/mol. The Bertz CT molecular complexity index is 720. The van der Waals surface area contributed by atoms with Crippen LogP contribution in [0.3, 0.4) is 0 Å². The van der Waals surface area contributed by atoms with E-state index in [4.69, 9.17) is 5.84 Å². The van der Waals surface area contributed by atoms with Gasteiger partial charge in [0.2, 0.25) is 5.03 Å². The molecule has 112 valence electrons. The fraction of sp³-hybridized carbons (Fsp3) is 0.375. The van der Waals surface area contributed by atoms with E-state index < -0.39 is 27.8 Å². The summed E-state index contributed by atoms with van der Waals surface area (Å²) in [5.74, 6) is 4.97. The molecule has 12 heteroatoms. The van der Waals surface area contributed by atoms with Gasteiger partial charge in [-0.3, -0.25) is 4.40 Å². The van der Waals surface area contributed by atoms with Gasteiger partial charge in [-0.2, -0.15) is 22.5 Å². The number of imidazole rings is 1. The van der Waals surface area contributed by atoms with Crippen molar-refractivity contribution in [2.45, 2.75) is 11.2 Å². The van der Waals surface area contributed by atoms with Crippen LogP contribution in [-0.2, 0) is 10.0 Å². The average Bonchev–Trinajstić information content (AvgIpc) is 2.84. The molecule has 0 atom stereocenters. The number of hydrazine groups is 1. The number of nitrogens with two attached hydrogens (primary N) is 1. The third kappa shape index (κ3) is 2.59. The molecule has 0 spiro atoms. The highest BCUT2D eigenvalue weighted by atomic mass is 32.2. The highest BCUT2D eigenvalue weighted by Crippen LogP contribution is 2.28. The van der Waals surface area contributed by atoms with E-state index in [1.165, 1.54) is 10.6 Å². The number of sulfonamides is 1. The van der Waals surface area contributed by atoms with Crippen LogP contribution in [0.25, 0.3) is 4.96 Å². The van der Waals surface area contributed by atoms with E-state index in [-0.39, 0.29) is 10.1 Å². The molecule has 2 aromatic heterocycles. The molecule has 2 rings (SSSR count). The summed E-state index contributed by atoms with van der Waals surface area (Å²) in [5.41, 5.74) is 2.08. The van der Waals surface area contributed by atoms with Crippen LogP contribution in [0.5, 0.6) is 0 Å². The second-order valence-electron chi connectivity index (χ2n) is 3.84. The SMILES string of the molecule is CN(CC(F)(F)F)S(=O)(=O)c1c(NN)nc2sccn12. The van der Waals surface area contributed by atoms with Crippen LogP contribution in [-0.4, -0.2) is 41.9 Å². The molecule has 0 aliphatic rings. The number of nitrogen functional groups attached to an aromatic ring is 1. The Morgan fingerprint density at radius 1 is 1.55 bits per heavy atom. The van der Waals surface area contributed by atoms with Gasteiger partial charge in [0.15, 0.2) is 10.8 Å². The number of fused-ring (bicyclic) bond motifs is 1. The highest BCUT2D eigenvalue weighted by molar-refractivity contribution is 7.89. The van der Waals surface area contributed by atoms with Crippen LogP contribution in [0.1, 0.15) is 0 Å².